The van der Waals surface area contributed by atoms with Crippen molar-refractivity contribution in [3.63, 3.8) is 0 Å². The lowest BCUT2D eigenvalue weighted by molar-refractivity contribution is 0.224. The van der Waals surface area contributed by atoms with Gasteiger partial charge in [0.2, 0.25) is 0 Å². The van der Waals surface area contributed by atoms with Crippen molar-refractivity contribution >= 4 is 11.6 Å². The zero-order valence-corrected chi connectivity index (χ0v) is 12.2. The lowest BCUT2D eigenvalue weighted by Crippen LogP contribution is -2.14. The third-order valence-corrected chi connectivity index (χ3v) is 3.78. The van der Waals surface area contributed by atoms with Crippen LogP contribution in [0.1, 0.15) is 16.7 Å². The Balaban J connectivity index is 2.13. The molecule has 1 unspecified atom stereocenters. The molecule has 3 heteroatoms. The molecule has 0 aliphatic heterocycles. The zero-order valence-electron chi connectivity index (χ0n) is 11.4. The summed E-state index contributed by atoms with van der Waals surface area (Å²) in [5.74, 6) is -0.276. The van der Waals surface area contributed by atoms with Gasteiger partial charge in [-0.15, -0.1) is 0 Å². The number of halogens is 2. The van der Waals surface area contributed by atoms with Crippen LogP contribution in [0.25, 0.3) is 0 Å². The van der Waals surface area contributed by atoms with E-state index in [1.807, 2.05) is 31.2 Å². The van der Waals surface area contributed by atoms with Crippen molar-refractivity contribution in [1.82, 2.24) is 0 Å². The molecular formula is C17H18ClFO. The molecule has 0 saturated carbocycles. The summed E-state index contributed by atoms with van der Waals surface area (Å²) >= 11 is 5.90. The van der Waals surface area contributed by atoms with E-state index in [2.05, 4.69) is 0 Å². The average molecular weight is 293 g/mol. The molecule has 1 N–H and O–H groups in total. The molecular weight excluding hydrogens is 275 g/mol. The summed E-state index contributed by atoms with van der Waals surface area (Å²) < 4.78 is 13.7. The Morgan fingerprint density at radius 1 is 1.10 bits per heavy atom. The molecule has 106 valence electrons. The van der Waals surface area contributed by atoms with E-state index in [4.69, 9.17) is 11.6 Å². The number of hydrogen-bond acceptors (Lipinski definition) is 1. The highest BCUT2D eigenvalue weighted by atomic mass is 35.5. The topological polar surface area (TPSA) is 20.2 Å². The standard InChI is InChI=1S/C17H18ClFO/c1-12-4-2-3-5-14(12)8-13(11-20)9-15-10-16(18)6-7-17(15)19/h2-7,10,13,20H,8-9,11H2,1H3. The summed E-state index contributed by atoms with van der Waals surface area (Å²) in [4.78, 5) is 0. The molecule has 0 bridgehead atoms. The fourth-order valence-corrected chi connectivity index (χ4v) is 2.56. The Kier molecular flexibility index (Phi) is 5.16. The van der Waals surface area contributed by atoms with Crippen LogP contribution in [0.2, 0.25) is 5.02 Å². The van der Waals surface area contributed by atoms with Crippen LogP contribution in [0, 0.1) is 18.7 Å². The van der Waals surface area contributed by atoms with E-state index in [9.17, 15) is 9.50 Å². The molecule has 2 rings (SSSR count). The van der Waals surface area contributed by atoms with E-state index in [1.54, 1.807) is 6.07 Å². The number of rotatable bonds is 5. The van der Waals surface area contributed by atoms with Gasteiger partial charge in [0.15, 0.2) is 0 Å². The summed E-state index contributed by atoms with van der Waals surface area (Å²) in [6.07, 6.45) is 1.21. The van der Waals surface area contributed by atoms with E-state index < -0.39 is 0 Å². The lowest BCUT2D eigenvalue weighted by atomic mass is 9.91. The Hall–Kier alpha value is -1.38. The van der Waals surface area contributed by atoms with Crippen LogP contribution < -0.4 is 0 Å². The van der Waals surface area contributed by atoms with Crippen molar-refractivity contribution in [2.24, 2.45) is 5.92 Å². The first-order valence-electron chi connectivity index (χ1n) is 6.69. The molecule has 0 fully saturated rings. The summed E-state index contributed by atoms with van der Waals surface area (Å²) in [5.41, 5.74) is 2.94. The number of aliphatic hydroxyl groups excluding tert-OH is 1. The van der Waals surface area contributed by atoms with E-state index in [1.165, 1.54) is 23.3 Å². The Morgan fingerprint density at radius 3 is 2.50 bits per heavy atom. The van der Waals surface area contributed by atoms with Crippen molar-refractivity contribution < 1.29 is 9.50 Å². The lowest BCUT2D eigenvalue weighted by Gasteiger charge is -2.16. The monoisotopic (exact) mass is 292 g/mol. The minimum absolute atomic E-state index is 0.0101. The van der Waals surface area contributed by atoms with Crippen LogP contribution in [-0.4, -0.2) is 11.7 Å². The largest absolute Gasteiger partial charge is 0.396 e. The maximum Gasteiger partial charge on any atom is 0.126 e. The van der Waals surface area contributed by atoms with Crippen molar-refractivity contribution in [1.29, 1.82) is 0 Å². The van der Waals surface area contributed by atoms with Crippen molar-refractivity contribution in [2.45, 2.75) is 19.8 Å². The number of hydrogen-bond donors (Lipinski definition) is 1. The Bertz CT molecular complexity index is 583. The minimum atomic E-state index is -0.266. The highest BCUT2D eigenvalue weighted by molar-refractivity contribution is 6.30. The van der Waals surface area contributed by atoms with Crippen molar-refractivity contribution in [2.75, 3.05) is 6.61 Å². The van der Waals surface area contributed by atoms with Gasteiger partial charge in [0.05, 0.1) is 0 Å². The second-order valence-corrected chi connectivity index (χ2v) is 5.56. The summed E-state index contributed by atoms with van der Waals surface area (Å²) in [6.45, 7) is 2.07. The van der Waals surface area contributed by atoms with Gasteiger partial charge in [0, 0.05) is 11.6 Å². The third-order valence-electron chi connectivity index (χ3n) is 3.54. The fourth-order valence-electron chi connectivity index (χ4n) is 2.36. The van der Waals surface area contributed by atoms with Gasteiger partial charge in [-0.3, -0.25) is 0 Å². The molecule has 0 heterocycles. The molecule has 2 aromatic rings. The van der Waals surface area contributed by atoms with Crippen LogP contribution in [0.3, 0.4) is 0 Å². The maximum absolute atomic E-state index is 13.7. The molecule has 20 heavy (non-hydrogen) atoms. The van der Waals surface area contributed by atoms with E-state index in [-0.39, 0.29) is 18.3 Å². The van der Waals surface area contributed by atoms with Crippen LogP contribution >= 0.6 is 11.6 Å². The SMILES string of the molecule is Cc1ccccc1CC(CO)Cc1cc(Cl)ccc1F. The average Bonchev–Trinajstić information content (AvgIpc) is 2.44. The smallest absolute Gasteiger partial charge is 0.126 e. The molecule has 0 aliphatic carbocycles. The summed E-state index contributed by atoms with van der Waals surface area (Å²) in [7, 11) is 0. The molecule has 2 aromatic carbocycles. The first kappa shape index (κ1) is 15.0. The molecule has 0 spiro atoms. The number of aryl methyl sites for hydroxylation is 1. The molecule has 0 aliphatic rings. The van der Waals surface area contributed by atoms with Crippen LogP contribution in [0.4, 0.5) is 4.39 Å². The van der Waals surface area contributed by atoms with Gasteiger partial charge in [-0.1, -0.05) is 35.9 Å². The summed E-state index contributed by atoms with van der Waals surface area (Å²) in [5, 5.41) is 10.1. The molecule has 0 amide bonds. The Labute approximate surface area is 124 Å². The van der Waals surface area contributed by atoms with Gasteiger partial charge < -0.3 is 5.11 Å². The quantitative estimate of drug-likeness (QED) is 0.876. The van der Waals surface area contributed by atoms with Crippen LogP contribution in [0.15, 0.2) is 42.5 Å². The molecule has 1 atom stereocenters. The maximum atomic E-state index is 13.7. The predicted molar refractivity (Wildman–Crippen MR) is 80.6 cm³/mol. The van der Waals surface area contributed by atoms with Gasteiger partial charge >= 0.3 is 0 Å². The van der Waals surface area contributed by atoms with Crippen molar-refractivity contribution in [3.8, 4) is 0 Å². The first-order chi connectivity index (χ1) is 9.60. The van der Waals surface area contributed by atoms with E-state index in [0.29, 0.717) is 17.0 Å². The predicted octanol–water partition coefficient (Wildman–Crippen LogP) is 4.18. The van der Waals surface area contributed by atoms with Gasteiger partial charge in [-0.05, 0) is 60.6 Å². The van der Waals surface area contributed by atoms with Crippen molar-refractivity contribution in [3.05, 3.63) is 70.0 Å². The normalized spacial score (nSPS) is 12.4. The van der Waals surface area contributed by atoms with Crippen LogP contribution in [-0.2, 0) is 12.8 Å². The second-order valence-electron chi connectivity index (χ2n) is 5.12. The zero-order chi connectivity index (χ0) is 14.5. The fraction of sp³-hybridized carbons (Fsp3) is 0.294. The number of benzene rings is 2. The Morgan fingerprint density at radius 2 is 1.80 bits per heavy atom. The van der Waals surface area contributed by atoms with Gasteiger partial charge in [-0.25, -0.2) is 4.39 Å². The number of aliphatic hydroxyl groups is 1. The summed E-state index contributed by atoms with van der Waals surface area (Å²) in [6, 6.07) is 12.6. The van der Waals surface area contributed by atoms with Gasteiger partial charge in [-0.2, -0.15) is 0 Å². The highest BCUT2D eigenvalue weighted by Gasteiger charge is 2.14. The molecule has 0 aromatic heterocycles. The second kappa shape index (κ2) is 6.87. The van der Waals surface area contributed by atoms with Gasteiger partial charge in [0.25, 0.3) is 0 Å². The molecule has 0 saturated heterocycles. The van der Waals surface area contributed by atoms with Gasteiger partial charge in [0.1, 0.15) is 5.82 Å². The van der Waals surface area contributed by atoms with E-state index in [0.717, 1.165) is 6.42 Å². The first-order valence-corrected chi connectivity index (χ1v) is 7.07. The van der Waals surface area contributed by atoms with E-state index >= 15 is 0 Å². The third kappa shape index (κ3) is 3.81. The molecule has 0 radical (unpaired) electrons. The molecule has 1 nitrogen and oxygen atoms in total. The van der Waals surface area contributed by atoms with Crippen LogP contribution in [0.5, 0.6) is 0 Å². The minimum Gasteiger partial charge on any atom is -0.396 e. The highest BCUT2D eigenvalue weighted by Crippen LogP contribution is 2.21.